The van der Waals surface area contributed by atoms with Crippen molar-refractivity contribution in [2.24, 2.45) is 0 Å². The molecule has 22 saturated heterocycles. The summed E-state index contributed by atoms with van der Waals surface area (Å²) >= 11 is 2.31. The summed E-state index contributed by atoms with van der Waals surface area (Å²) in [5.41, 5.74) is -1.09. The molecule has 40 atom stereocenters. The summed E-state index contributed by atoms with van der Waals surface area (Å²) in [5, 5.41) is 257. The standard InChI is InChI=1S/C58H100O40S2/c1-2-3-4-5-9-99-18-26-49-42(81)50(83-7-6-82-8-10-100-58-41(80)28(67)27(66)19(11-59)91-58)57(90-26)98-48-25(17-65)89-55(40(79)34(48)73)96-46-23(15-63)87-53(38(77)32(46)71)94-44-21(13-61)85-51(36(75)30(44)69)92-43-20(12-60)84-52(35(74)29(43)68)93-45-22(14-62)86-54(37(76)31(45)70)95-47-24(16-64)88-56(97-49)39(78)33(47)72/h19-81H,2-18H2,1H3/t19-,20-,21-,22-,23-,24-,25-,26-,27+,28+,29-,30-,31-,32-,33-,34-,35-,36-,37-,38-,39-,40-,41-,42+,43-,44-,45-,46-,47-,48-,49-,50-,51-,52-,53-,54-,55-,56-,57-,58+/m1/s1. The van der Waals surface area contributed by atoms with Gasteiger partial charge < -0.3 is 198 Å². The summed E-state index contributed by atoms with van der Waals surface area (Å²) in [7, 11) is 0. The zero-order chi connectivity index (χ0) is 72.5. The van der Waals surface area contributed by atoms with Crippen molar-refractivity contribution in [3.05, 3.63) is 0 Å². The Labute approximate surface area is 580 Å². The van der Waals surface area contributed by atoms with Crippen LogP contribution >= 0.6 is 23.5 Å². The fourth-order valence-corrected chi connectivity index (χ4v) is 15.3. The topological polar surface area (TPSA) is 622 Å². The Kier molecular flexibility index (Phi) is 32.0. The number of aliphatic hydroxyl groups is 23. The van der Waals surface area contributed by atoms with E-state index >= 15 is 0 Å². The molecule has 22 rings (SSSR count). The number of thioether (sulfide) groups is 2. The molecule has 22 heterocycles. The van der Waals surface area contributed by atoms with Gasteiger partial charge in [0.05, 0.1) is 72.2 Å². The lowest BCUT2D eigenvalue weighted by Crippen LogP contribution is -2.68. The van der Waals surface area contributed by atoms with Gasteiger partial charge in [0, 0.05) is 11.5 Å². The maximum Gasteiger partial charge on any atom is 0.187 e. The van der Waals surface area contributed by atoms with Gasteiger partial charge in [-0.2, -0.15) is 11.8 Å². The Morgan fingerprint density at radius 1 is 0.270 bits per heavy atom. The van der Waals surface area contributed by atoms with Crippen molar-refractivity contribution in [3.8, 4) is 0 Å². The van der Waals surface area contributed by atoms with Gasteiger partial charge in [-0.05, 0) is 12.2 Å². The summed E-state index contributed by atoms with van der Waals surface area (Å²) in [4.78, 5) is 0. The highest BCUT2D eigenvalue weighted by Gasteiger charge is 2.60. The van der Waals surface area contributed by atoms with E-state index < -0.39 is 298 Å². The van der Waals surface area contributed by atoms with Crippen molar-refractivity contribution >= 4 is 23.5 Å². The van der Waals surface area contributed by atoms with E-state index in [-0.39, 0.29) is 24.7 Å². The Hall–Kier alpha value is -0.900. The highest BCUT2D eigenvalue weighted by molar-refractivity contribution is 7.99. The van der Waals surface area contributed by atoms with Gasteiger partial charge in [-0.15, -0.1) is 11.8 Å². The first kappa shape index (κ1) is 83.1. The minimum atomic E-state index is -2.23. The van der Waals surface area contributed by atoms with E-state index in [4.69, 9.17) is 80.5 Å². The zero-order valence-corrected chi connectivity index (χ0v) is 55.8. The van der Waals surface area contributed by atoms with Crippen molar-refractivity contribution in [2.45, 2.75) is 277 Å². The minimum absolute atomic E-state index is 0.0454. The average Bonchev–Trinajstić information content (AvgIpc) is 0.778. The number of hydrogen-bond donors (Lipinski definition) is 23. The van der Waals surface area contributed by atoms with Crippen LogP contribution in [0.15, 0.2) is 0 Å². The molecule has 0 aromatic rings. The van der Waals surface area contributed by atoms with Crippen molar-refractivity contribution in [1.29, 1.82) is 0 Å². The number of unbranched alkanes of at least 4 members (excludes halogenated alkanes) is 3. The van der Waals surface area contributed by atoms with Gasteiger partial charge in [0.25, 0.3) is 0 Å². The van der Waals surface area contributed by atoms with Crippen LogP contribution in [0, 0.1) is 0 Å². The Bertz CT molecular complexity index is 2370. The van der Waals surface area contributed by atoms with E-state index in [0.717, 1.165) is 31.0 Å². The second-order valence-corrected chi connectivity index (χ2v) is 28.0. The normalized spacial score (nSPS) is 50.0. The van der Waals surface area contributed by atoms with Crippen LogP contribution in [-0.2, 0) is 80.5 Å². The van der Waals surface area contributed by atoms with Crippen LogP contribution in [-0.4, -0.2) is 446 Å². The van der Waals surface area contributed by atoms with Crippen LogP contribution in [0.25, 0.3) is 0 Å². The predicted molar refractivity (Wildman–Crippen MR) is 324 cm³/mol. The summed E-state index contributed by atoms with van der Waals surface area (Å²) in [6.45, 7) is -5.69. The van der Waals surface area contributed by atoms with Gasteiger partial charge in [0.2, 0.25) is 0 Å². The first-order valence-electron chi connectivity index (χ1n) is 33.3. The molecule has 0 aromatic heterocycles. The maximum atomic E-state index is 12.6. The summed E-state index contributed by atoms with van der Waals surface area (Å²) in [6, 6.07) is 0. The minimum Gasteiger partial charge on any atom is -0.394 e. The SMILES string of the molecule is CCCCCCSC[C@H]1O[C@@H]2O[C@H]3[C@H](O)[C@@H](O)[C@@H](O[C@H]4[C@H](O)[C@@H](O)[C@@H](O[C@H]5[C@H](O)[C@@H](O)[C@@H](O[C@H]6[C@H](O)[C@@H](O)[C@@H](O[C@H]7[C@H](O)[C@@H](O)[C@@H](O[C@H]8[C@H](O)[C@@H](O)[C@@H](O[C@H]1[C@H](O)[C@H]2OCCOCCS[C@@H]1O[C@H](CO)[C@H](O)[C@H](O)[C@H]1O)O[C@@H]8CO)O[C@@H]7CO)O[C@@H]6CO)O[C@@H]5CO)O[C@@H]4CO)O[C@@H]3CO. The second kappa shape index (κ2) is 38.4. The van der Waals surface area contributed by atoms with Crippen LogP contribution in [0.3, 0.4) is 0 Å². The van der Waals surface area contributed by atoms with E-state index in [1.165, 1.54) is 11.8 Å². The van der Waals surface area contributed by atoms with Crippen LogP contribution in [0.4, 0.5) is 0 Å². The average molecular weight is 1500 g/mol. The van der Waals surface area contributed by atoms with Crippen LogP contribution in [0.5, 0.6) is 0 Å². The number of hydrogen-bond acceptors (Lipinski definition) is 42. The van der Waals surface area contributed by atoms with E-state index in [2.05, 4.69) is 0 Å². The number of aliphatic hydroxyl groups excluding tert-OH is 23. The van der Waals surface area contributed by atoms with Crippen molar-refractivity contribution in [1.82, 2.24) is 0 Å². The highest BCUT2D eigenvalue weighted by Crippen LogP contribution is 2.40. The van der Waals surface area contributed by atoms with Crippen molar-refractivity contribution in [2.75, 3.05) is 83.3 Å². The molecule has 100 heavy (non-hydrogen) atoms. The first-order valence-corrected chi connectivity index (χ1v) is 35.5. The van der Waals surface area contributed by atoms with Gasteiger partial charge in [-0.25, -0.2) is 0 Å². The third-order valence-corrected chi connectivity index (χ3v) is 21.2. The number of ether oxygens (including phenoxy) is 17. The summed E-state index contributed by atoms with van der Waals surface area (Å²) in [6.07, 6.45) is -71.7. The van der Waals surface area contributed by atoms with Crippen LogP contribution in [0.2, 0.25) is 0 Å². The molecule has 0 aromatic carbocycles. The maximum absolute atomic E-state index is 12.6. The molecule has 0 aliphatic carbocycles. The molecule has 584 valence electrons. The first-order chi connectivity index (χ1) is 47.9. The monoisotopic (exact) mass is 1500 g/mol. The van der Waals surface area contributed by atoms with Crippen molar-refractivity contribution in [3.63, 3.8) is 0 Å². The quantitative estimate of drug-likeness (QED) is 0.0448. The lowest BCUT2D eigenvalue weighted by molar-refractivity contribution is -0.396. The van der Waals surface area contributed by atoms with Gasteiger partial charge in [0.1, 0.15) is 195 Å². The Balaban J connectivity index is 1.01. The second-order valence-electron chi connectivity index (χ2n) is 25.6. The van der Waals surface area contributed by atoms with Gasteiger partial charge in [-0.1, -0.05) is 26.2 Å². The zero-order valence-electron chi connectivity index (χ0n) is 54.2. The smallest absolute Gasteiger partial charge is 0.187 e. The van der Waals surface area contributed by atoms with Gasteiger partial charge in [0.15, 0.2) is 44.0 Å². The van der Waals surface area contributed by atoms with Crippen LogP contribution in [0.1, 0.15) is 32.6 Å². The lowest BCUT2D eigenvalue weighted by Gasteiger charge is -2.50. The molecule has 22 aliphatic heterocycles. The molecule has 0 spiro atoms. The molecule has 40 nitrogen and oxygen atoms in total. The number of rotatable bonds is 22. The molecule has 0 amide bonds. The Morgan fingerprint density at radius 3 is 0.920 bits per heavy atom. The summed E-state index contributed by atoms with van der Waals surface area (Å²) < 4.78 is 101. The third kappa shape index (κ3) is 18.7. The molecule has 42 heteroatoms. The fourth-order valence-electron chi connectivity index (χ4n) is 13.2. The highest BCUT2D eigenvalue weighted by atomic mass is 32.2. The molecular weight excluding hydrogens is 1400 g/mol. The van der Waals surface area contributed by atoms with Gasteiger partial charge >= 0.3 is 0 Å². The lowest BCUT2D eigenvalue weighted by atomic mass is 9.95. The fraction of sp³-hybridized carbons (Fsp3) is 1.00. The molecule has 14 bridgehead atoms. The molecular formula is C58H100O40S2. The molecule has 22 fully saturated rings. The van der Waals surface area contributed by atoms with Crippen LogP contribution < -0.4 is 0 Å². The molecule has 0 unspecified atom stereocenters. The third-order valence-electron chi connectivity index (χ3n) is 18.9. The molecule has 0 saturated carbocycles. The summed E-state index contributed by atoms with van der Waals surface area (Å²) in [5.74, 6) is 0.583. The van der Waals surface area contributed by atoms with E-state index in [1.807, 2.05) is 6.92 Å². The van der Waals surface area contributed by atoms with Gasteiger partial charge in [-0.3, -0.25) is 0 Å². The van der Waals surface area contributed by atoms with Crippen molar-refractivity contribution < 1.29 is 198 Å². The molecule has 23 N–H and O–H groups in total. The molecule has 22 aliphatic rings. The van der Waals surface area contributed by atoms with E-state index in [9.17, 15) is 117 Å². The largest absolute Gasteiger partial charge is 0.394 e. The van der Waals surface area contributed by atoms with E-state index in [0.29, 0.717) is 12.2 Å². The predicted octanol–water partition coefficient (Wildman–Crippen LogP) is -13.3. The van der Waals surface area contributed by atoms with E-state index in [1.54, 1.807) is 0 Å². The Morgan fingerprint density at radius 2 is 0.590 bits per heavy atom. The molecule has 0 radical (unpaired) electrons.